The molecule has 0 aromatic carbocycles. The zero-order valence-corrected chi connectivity index (χ0v) is 8.32. The fourth-order valence-electron chi connectivity index (χ4n) is 2.46. The molecule has 0 saturated heterocycles. The average Bonchev–Trinajstić information content (AvgIpc) is 2.76. The highest BCUT2D eigenvalue weighted by atomic mass is 16.5. The van der Waals surface area contributed by atoms with E-state index >= 15 is 0 Å². The van der Waals surface area contributed by atoms with Crippen molar-refractivity contribution < 1.29 is 9.53 Å². The lowest BCUT2D eigenvalue weighted by Crippen LogP contribution is -2.17. The van der Waals surface area contributed by atoms with Gasteiger partial charge >= 0.3 is 5.97 Å². The van der Waals surface area contributed by atoms with E-state index in [1.54, 1.807) is 6.08 Å². The van der Waals surface area contributed by atoms with Crippen LogP contribution in [0, 0.1) is 17.8 Å². The Morgan fingerprint density at radius 1 is 1.50 bits per heavy atom. The van der Waals surface area contributed by atoms with Crippen LogP contribution < -0.4 is 0 Å². The number of allylic oxidation sites excluding steroid dienone is 2. The lowest BCUT2D eigenvalue weighted by molar-refractivity contribution is -0.144. The Morgan fingerprint density at radius 3 is 2.93 bits per heavy atom. The number of ether oxygens (including phenoxy) is 1. The highest BCUT2D eigenvalue weighted by Gasteiger charge is 2.35. The van der Waals surface area contributed by atoms with Crippen LogP contribution in [0.25, 0.3) is 0 Å². The van der Waals surface area contributed by atoms with Crippen LogP contribution in [0.2, 0.25) is 0 Å². The predicted molar refractivity (Wildman–Crippen MR) is 54.6 cm³/mol. The van der Waals surface area contributed by atoms with Crippen molar-refractivity contribution in [3.63, 3.8) is 0 Å². The highest BCUT2D eigenvalue weighted by molar-refractivity contribution is 5.70. The van der Waals surface area contributed by atoms with Gasteiger partial charge in [-0.3, -0.25) is 4.79 Å². The SMILES string of the molecule is C=CCC(=O)OC[C@H]1C[C@@H]2C=C[C@H]1C2. The molecule has 2 rings (SSSR count). The molecule has 2 aliphatic rings. The summed E-state index contributed by atoms with van der Waals surface area (Å²) in [5.41, 5.74) is 0. The molecule has 0 aromatic rings. The summed E-state index contributed by atoms with van der Waals surface area (Å²) in [5, 5.41) is 0. The van der Waals surface area contributed by atoms with E-state index < -0.39 is 0 Å². The van der Waals surface area contributed by atoms with E-state index in [1.165, 1.54) is 12.8 Å². The van der Waals surface area contributed by atoms with Gasteiger partial charge in [-0.2, -0.15) is 0 Å². The van der Waals surface area contributed by atoms with Crippen LogP contribution in [0.15, 0.2) is 24.8 Å². The third-order valence-corrected chi connectivity index (χ3v) is 3.19. The first-order chi connectivity index (χ1) is 6.79. The van der Waals surface area contributed by atoms with E-state index in [2.05, 4.69) is 18.7 Å². The van der Waals surface area contributed by atoms with Crippen molar-refractivity contribution in [2.75, 3.05) is 6.61 Å². The van der Waals surface area contributed by atoms with Crippen LogP contribution in [0.3, 0.4) is 0 Å². The van der Waals surface area contributed by atoms with Crippen molar-refractivity contribution >= 4 is 5.97 Å². The third kappa shape index (κ3) is 1.89. The van der Waals surface area contributed by atoms with Crippen molar-refractivity contribution in [1.82, 2.24) is 0 Å². The standard InChI is InChI=1S/C12H16O2/c1-2-3-12(13)14-8-11-7-9-4-5-10(11)6-9/h2,4-5,9-11H,1,3,6-8H2/t9-,10+,11-/m1/s1. The highest BCUT2D eigenvalue weighted by Crippen LogP contribution is 2.43. The Morgan fingerprint density at radius 2 is 2.36 bits per heavy atom. The molecule has 2 bridgehead atoms. The molecule has 2 heteroatoms. The number of rotatable bonds is 4. The largest absolute Gasteiger partial charge is 0.465 e. The Hall–Kier alpha value is -1.05. The van der Waals surface area contributed by atoms with Crippen molar-refractivity contribution in [1.29, 1.82) is 0 Å². The van der Waals surface area contributed by atoms with Gasteiger partial charge in [0.15, 0.2) is 0 Å². The second kappa shape index (κ2) is 3.99. The summed E-state index contributed by atoms with van der Waals surface area (Å²) in [6.07, 6.45) is 8.96. The lowest BCUT2D eigenvalue weighted by atomic mass is 9.95. The molecular weight excluding hydrogens is 176 g/mol. The molecule has 14 heavy (non-hydrogen) atoms. The Balaban J connectivity index is 1.74. The predicted octanol–water partition coefficient (Wildman–Crippen LogP) is 2.32. The number of hydrogen-bond donors (Lipinski definition) is 0. The second-order valence-electron chi connectivity index (χ2n) is 4.22. The van der Waals surface area contributed by atoms with Gasteiger partial charge in [0.25, 0.3) is 0 Å². The zero-order valence-electron chi connectivity index (χ0n) is 8.32. The molecule has 1 fully saturated rings. The van der Waals surface area contributed by atoms with Crippen molar-refractivity contribution in [2.24, 2.45) is 17.8 Å². The fraction of sp³-hybridized carbons (Fsp3) is 0.583. The fourth-order valence-corrected chi connectivity index (χ4v) is 2.46. The Labute approximate surface area is 84.6 Å². The summed E-state index contributed by atoms with van der Waals surface area (Å²) in [4.78, 5) is 11.1. The maximum Gasteiger partial charge on any atom is 0.309 e. The first-order valence-electron chi connectivity index (χ1n) is 5.24. The molecule has 0 unspecified atom stereocenters. The van der Waals surface area contributed by atoms with E-state index in [4.69, 9.17) is 4.74 Å². The topological polar surface area (TPSA) is 26.3 Å². The van der Waals surface area contributed by atoms with Gasteiger partial charge in [0.2, 0.25) is 0 Å². The summed E-state index contributed by atoms with van der Waals surface area (Å²) in [5.74, 6) is 1.84. The molecule has 2 aliphatic carbocycles. The lowest BCUT2D eigenvalue weighted by Gasteiger charge is -2.17. The van der Waals surface area contributed by atoms with E-state index in [-0.39, 0.29) is 5.97 Å². The molecule has 0 aromatic heterocycles. The van der Waals surface area contributed by atoms with Gasteiger partial charge in [0, 0.05) is 0 Å². The van der Waals surface area contributed by atoms with Crippen molar-refractivity contribution in [2.45, 2.75) is 19.3 Å². The number of carbonyl (C=O) groups excluding carboxylic acids is 1. The third-order valence-electron chi connectivity index (χ3n) is 3.19. The van der Waals surface area contributed by atoms with Gasteiger partial charge < -0.3 is 4.74 Å². The number of fused-ring (bicyclic) bond motifs is 2. The maximum absolute atomic E-state index is 11.1. The summed E-state index contributed by atoms with van der Waals surface area (Å²) in [6, 6.07) is 0. The van der Waals surface area contributed by atoms with Crippen LogP contribution in [-0.2, 0) is 9.53 Å². The second-order valence-corrected chi connectivity index (χ2v) is 4.22. The Bertz CT molecular complexity index is 267. The van der Waals surface area contributed by atoms with Gasteiger partial charge in [0.1, 0.15) is 0 Å². The van der Waals surface area contributed by atoms with E-state index in [9.17, 15) is 4.79 Å². The molecule has 0 spiro atoms. The average molecular weight is 192 g/mol. The summed E-state index contributed by atoms with van der Waals surface area (Å²) < 4.78 is 5.17. The summed E-state index contributed by atoms with van der Waals surface area (Å²) in [6.45, 7) is 4.10. The molecule has 2 nitrogen and oxygen atoms in total. The molecule has 1 saturated carbocycles. The van der Waals surface area contributed by atoms with E-state index in [1.807, 2.05) is 0 Å². The molecule has 76 valence electrons. The van der Waals surface area contributed by atoms with E-state index in [0.717, 1.165) is 5.92 Å². The number of hydrogen-bond acceptors (Lipinski definition) is 2. The maximum atomic E-state index is 11.1. The monoisotopic (exact) mass is 192 g/mol. The Kier molecular flexibility index (Phi) is 2.71. The minimum Gasteiger partial charge on any atom is -0.465 e. The number of esters is 1. The van der Waals surface area contributed by atoms with Crippen LogP contribution in [0.1, 0.15) is 19.3 Å². The molecule has 3 atom stereocenters. The summed E-state index contributed by atoms with van der Waals surface area (Å²) in [7, 11) is 0. The first-order valence-corrected chi connectivity index (χ1v) is 5.24. The smallest absolute Gasteiger partial charge is 0.309 e. The quantitative estimate of drug-likeness (QED) is 0.504. The van der Waals surface area contributed by atoms with Crippen molar-refractivity contribution in [3.8, 4) is 0 Å². The molecule has 0 radical (unpaired) electrons. The van der Waals surface area contributed by atoms with Crippen LogP contribution in [0.4, 0.5) is 0 Å². The number of carbonyl (C=O) groups is 1. The minimum atomic E-state index is -0.147. The molecule has 0 aliphatic heterocycles. The summed E-state index contributed by atoms with van der Waals surface area (Å²) >= 11 is 0. The van der Waals surface area contributed by atoms with Crippen LogP contribution >= 0.6 is 0 Å². The molecule has 0 amide bonds. The normalized spacial score (nSPS) is 33.3. The molecule has 0 N–H and O–H groups in total. The van der Waals surface area contributed by atoms with Gasteiger partial charge in [-0.15, -0.1) is 6.58 Å². The minimum absolute atomic E-state index is 0.147. The van der Waals surface area contributed by atoms with Gasteiger partial charge in [-0.25, -0.2) is 0 Å². The zero-order chi connectivity index (χ0) is 9.97. The van der Waals surface area contributed by atoms with Crippen LogP contribution in [-0.4, -0.2) is 12.6 Å². The van der Waals surface area contributed by atoms with Gasteiger partial charge in [0.05, 0.1) is 13.0 Å². The molecular formula is C12H16O2. The van der Waals surface area contributed by atoms with Crippen molar-refractivity contribution in [3.05, 3.63) is 24.8 Å². The van der Waals surface area contributed by atoms with Gasteiger partial charge in [-0.1, -0.05) is 18.2 Å². The first kappa shape index (κ1) is 9.50. The van der Waals surface area contributed by atoms with Gasteiger partial charge in [-0.05, 0) is 30.6 Å². The van der Waals surface area contributed by atoms with Crippen LogP contribution in [0.5, 0.6) is 0 Å². The molecule has 0 heterocycles. The van der Waals surface area contributed by atoms with E-state index in [0.29, 0.717) is 24.9 Å².